The average Bonchev–Trinajstić information content (AvgIpc) is 2.83. The van der Waals surface area contributed by atoms with Gasteiger partial charge in [-0.25, -0.2) is 0 Å². The van der Waals surface area contributed by atoms with Gasteiger partial charge in [-0.15, -0.1) is 0 Å². The quantitative estimate of drug-likeness (QED) is 0.656. The summed E-state index contributed by atoms with van der Waals surface area (Å²) in [5.41, 5.74) is 3.42. The van der Waals surface area contributed by atoms with Gasteiger partial charge in [0.1, 0.15) is 0 Å². The summed E-state index contributed by atoms with van der Waals surface area (Å²) in [4.78, 5) is 0. The summed E-state index contributed by atoms with van der Waals surface area (Å²) in [6.45, 7) is 5.83. The highest BCUT2D eigenvalue weighted by molar-refractivity contribution is 7.80. The first kappa shape index (κ1) is 14.5. The molecule has 5 heteroatoms. The first-order chi connectivity index (χ1) is 9.65. The Morgan fingerprint density at radius 1 is 1.30 bits per heavy atom. The summed E-state index contributed by atoms with van der Waals surface area (Å²) in [7, 11) is 0. The number of anilines is 1. The van der Waals surface area contributed by atoms with Crippen LogP contribution in [0.25, 0.3) is 0 Å². The van der Waals surface area contributed by atoms with Crippen molar-refractivity contribution < 1.29 is 0 Å². The Balaban J connectivity index is 1.69. The predicted molar refractivity (Wildman–Crippen MR) is 87.0 cm³/mol. The molecule has 0 aliphatic rings. The van der Waals surface area contributed by atoms with E-state index in [1.165, 1.54) is 11.1 Å². The van der Waals surface area contributed by atoms with Crippen LogP contribution in [-0.2, 0) is 6.54 Å². The molecule has 1 heterocycles. The standard InChI is InChI=1S/C15H20N4S/c1-12-10-17-19(11-12)9-5-8-16-15(20)18-14-7-4-3-6-13(14)2/h3-4,6-7,10-11H,5,8-9H2,1-2H3,(H2,16,18,20). The topological polar surface area (TPSA) is 41.9 Å². The lowest BCUT2D eigenvalue weighted by atomic mass is 10.2. The van der Waals surface area contributed by atoms with Crippen LogP contribution in [0.1, 0.15) is 17.5 Å². The third kappa shape index (κ3) is 4.35. The highest BCUT2D eigenvalue weighted by Gasteiger charge is 2.00. The molecule has 0 atom stereocenters. The Labute approximate surface area is 125 Å². The van der Waals surface area contributed by atoms with Crippen LogP contribution in [0.15, 0.2) is 36.7 Å². The van der Waals surface area contributed by atoms with Crippen molar-refractivity contribution in [2.45, 2.75) is 26.8 Å². The van der Waals surface area contributed by atoms with Gasteiger partial charge in [0.25, 0.3) is 0 Å². The number of aryl methyl sites for hydroxylation is 3. The number of para-hydroxylation sites is 1. The number of nitrogens with one attached hydrogen (secondary N) is 2. The van der Waals surface area contributed by atoms with Crippen LogP contribution in [0.2, 0.25) is 0 Å². The van der Waals surface area contributed by atoms with Crippen LogP contribution in [0.3, 0.4) is 0 Å². The van der Waals surface area contributed by atoms with Gasteiger partial charge in [-0.05, 0) is 49.7 Å². The van der Waals surface area contributed by atoms with Crippen molar-refractivity contribution in [1.29, 1.82) is 0 Å². The van der Waals surface area contributed by atoms with E-state index in [2.05, 4.69) is 28.7 Å². The van der Waals surface area contributed by atoms with E-state index in [-0.39, 0.29) is 0 Å². The van der Waals surface area contributed by atoms with Crippen molar-refractivity contribution in [3.8, 4) is 0 Å². The van der Waals surface area contributed by atoms with Gasteiger partial charge in [-0.3, -0.25) is 4.68 Å². The van der Waals surface area contributed by atoms with Gasteiger partial charge < -0.3 is 10.6 Å². The molecule has 0 fully saturated rings. The van der Waals surface area contributed by atoms with E-state index in [4.69, 9.17) is 12.2 Å². The zero-order valence-electron chi connectivity index (χ0n) is 11.9. The second-order valence-electron chi connectivity index (χ2n) is 4.83. The van der Waals surface area contributed by atoms with Gasteiger partial charge in [0, 0.05) is 25.0 Å². The number of nitrogens with zero attached hydrogens (tertiary/aromatic N) is 2. The maximum atomic E-state index is 5.29. The minimum atomic E-state index is 0.663. The maximum absolute atomic E-state index is 5.29. The molecule has 2 rings (SSSR count). The van der Waals surface area contributed by atoms with E-state index in [9.17, 15) is 0 Å². The Kier molecular flexibility index (Phi) is 5.12. The normalized spacial score (nSPS) is 10.3. The van der Waals surface area contributed by atoms with Gasteiger partial charge in [-0.1, -0.05) is 18.2 Å². The first-order valence-corrected chi connectivity index (χ1v) is 7.15. The summed E-state index contributed by atoms with van der Waals surface area (Å²) < 4.78 is 1.95. The molecule has 1 aromatic heterocycles. The van der Waals surface area contributed by atoms with Gasteiger partial charge in [0.15, 0.2) is 5.11 Å². The molecular formula is C15H20N4S. The molecule has 20 heavy (non-hydrogen) atoms. The van der Waals surface area contributed by atoms with E-state index in [0.717, 1.165) is 25.2 Å². The molecule has 1 aromatic carbocycles. The summed E-state index contributed by atoms with van der Waals surface area (Å²) in [5.74, 6) is 0. The highest BCUT2D eigenvalue weighted by Crippen LogP contribution is 2.12. The Morgan fingerprint density at radius 3 is 2.80 bits per heavy atom. The molecule has 0 radical (unpaired) electrons. The number of rotatable bonds is 5. The zero-order valence-corrected chi connectivity index (χ0v) is 12.7. The van der Waals surface area contributed by atoms with Crippen LogP contribution in [0, 0.1) is 13.8 Å². The number of benzene rings is 1. The minimum Gasteiger partial charge on any atom is -0.362 e. The van der Waals surface area contributed by atoms with Crippen LogP contribution < -0.4 is 10.6 Å². The van der Waals surface area contributed by atoms with Crippen LogP contribution in [0.4, 0.5) is 5.69 Å². The van der Waals surface area contributed by atoms with Gasteiger partial charge in [-0.2, -0.15) is 5.10 Å². The summed E-state index contributed by atoms with van der Waals surface area (Å²) in [5, 5.41) is 11.3. The second kappa shape index (κ2) is 7.05. The molecule has 2 aromatic rings. The summed E-state index contributed by atoms with van der Waals surface area (Å²) >= 11 is 5.29. The third-order valence-electron chi connectivity index (χ3n) is 3.01. The molecular weight excluding hydrogens is 268 g/mol. The molecule has 0 unspecified atom stereocenters. The van der Waals surface area contributed by atoms with Crippen molar-refractivity contribution in [3.63, 3.8) is 0 Å². The molecule has 0 bridgehead atoms. The monoisotopic (exact) mass is 288 g/mol. The molecule has 0 spiro atoms. The number of thiocarbonyl (C=S) groups is 1. The second-order valence-corrected chi connectivity index (χ2v) is 5.24. The fourth-order valence-electron chi connectivity index (χ4n) is 1.91. The fourth-order valence-corrected chi connectivity index (χ4v) is 2.12. The predicted octanol–water partition coefficient (Wildman–Crippen LogP) is 2.88. The van der Waals surface area contributed by atoms with Crippen molar-refractivity contribution in [1.82, 2.24) is 15.1 Å². The van der Waals surface area contributed by atoms with Crippen molar-refractivity contribution in [2.24, 2.45) is 0 Å². The average molecular weight is 288 g/mol. The van der Waals surface area contributed by atoms with Crippen LogP contribution in [-0.4, -0.2) is 21.4 Å². The van der Waals surface area contributed by atoms with Crippen LogP contribution >= 0.6 is 12.2 Å². The SMILES string of the molecule is Cc1cnn(CCCNC(=S)Nc2ccccc2C)c1. The highest BCUT2D eigenvalue weighted by atomic mass is 32.1. The first-order valence-electron chi connectivity index (χ1n) is 6.75. The van der Waals surface area contributed by atoms with Crippen LogP contribution in [0.5, 0.6) is 0 Å². The molecule has 0 aliphatic carbocycles. The number of aromatic nitrogens is 2. The lowest BCUT2D eigenvalue weighted by Gasteiger charge is -2.12. The molecule has 4 nitrogen and oxygen atoms in total. The molecule has 0 aliphatic heterocycles. The smallest absolute Gasteiger partial charge is 0.170 e. The maximum Gasteiger partial charge on any atom is 0.170 e. The van der Waals surface area contributed by atoms with Gasteiger partial charge in [0.05, 0.1) is 6.20 Å². The summed E-state index contributed by atoms with van der Waals surface area (Å²) in [6.07, 6.45) is 4.90. The lowest BCUT2D eigenvalue weighted by Crippen LogP contribution is -2.30. The van der Waals surface area contributed by atoms with Crippen molar-refractivity contribution in [3.05, 3.63) is 47.8 Å². The van der Waals surface area contributed by atoms with E-state index in [1.807, 2.05) is 42.2 Å². The molecule has 0 saturated heterocycles. The van der Waals surface area contributed by atoms with Gasteiger partial charge >= 0.3 is 0 Å². The van der Waals surface area contributed by atoms with E-state index < -0.39 is 0 Å². The third-order valence-corrected chi connectivity index (χ3v) is 3.25. The zero-order chi connectivity index (χ0) is 14.4. The number of hydrogen-bond donors (Lipinski definition) is 2. The van der Waals surface area contributed by atoms with Crippen molar-refractivity contribution >= 4 is 23.0 Å². The van der Waals surface area contributed by atoms with E-state index in [0.29, 0.717) is 5.11 Å². The molecule has 0 amide bonds. The van der Waals surface area contributed by atoms with E-state index >= 15 is 0 Å². The largest absolute Gasteiger partial charge is 0.362 e. The van der Waals surface area contributed by atoms with Gasteiger partial charge in [0.2, 0.25) is 0 Å². The molecule has 106 valence electrons. The molecule has 2 N–H and O–H groups in total. The number of hydrogen-bond acceptors (Lipinski definition) is 2. The van der Waals surface area contributed by atoms with E-state index in [1.54, 1.807) is 0 Å². The Hall–Kier alpha value is -1.88. The molecule has 0 saturated carbocycles. The fraction of sp³-hybridized carbons (Fsp3) is 0.333. The minimum absolute atomic E-state index is 0.663. The Bertz CT molecular complexity index is 577. The summed E-state index contributed by atoms with van der Waals surface area (Å²) in [6, 6.07) is 8.10. The lowest BCUT2D eigenvalue weighted by molar-refractivity contribution is 0.573. The Morgan fingerprint density at radius 2 is 2.10 bits per heavy atom. The van der Waals surface area contributed by atoms with Crippen molar-refractivity contribution in [2.75, 3.05) is 11.9 Å².